The molecule has 1 aliphatic rings. The number of H-pyrrole nitrogens is 1. The van der Waals surface area contributed by atoms with E-state index in [0.717, 1.165) is 57.5 Å². The van der Waals surface area contributed by atoms with Crippen LogP contribution in [0.25, 0.3) is 33.3 Å². The molecule has 4 nitrogen and oxygen atoms in total. The lowest BCUT2D eigenvalue weighted by atomic mass is 9.98. The zero-order valence-electron chi connectivity index (χ0n) is 18.0. The predicted octanol–water partition coefficient (Wildman–Crippen LogP) is 6.83. The molecule has 3 N–H and O–H groups in total. The Labute approximate surface area is 191 Å². The van der Waals surface area contributed by atoms with Gasteiger partial charge in [0.05, 0.1) is 23.2 Å². The molecule has 0 saturated heterocycles. The molecular formula is C28H23FN4. The first-order chi connectivity index (χ1) is 16.3. The second-order valence-electron chi connectivity index (χ2n) is 8.39. The molecule has 3 heterocycles. The number of aromatic nitrogens is 2. The lowest BCUT2D eigenvalue weighted by Crippen LogP contribution is -2.22. The summed E-state index contributed by atoms with van der Waals surface area (Å²) >= 11 is 0. The van der Waals surface area contributed by atoms with Gasteiger partial charge in [-0.1, -0.05) is 30.3 Å². The maximum atomic E-state index is 13.6. The summed E-state index contributed by atoms with van der Waals surface area (Å²) in [5, 5.41) is 8.50. The van der Waals surface area contributed by atoms with E-state index in [1.165, 1.54) is 17.7 Å². The van der Waals surface area contributed by atoms with Gasteiger partial charge < -0.3 is 15.6 Å². The molecule has 3 aromatic carbocycles. The fourth-order valence-electron chi connectivity index (χ4n) is 4.70. The number of hydrogen-bond acceptors (Lipinski definition) is 3. The Bertz CT molecular complexity index is 1410. The van der Waals surface area contributed by atoms with Crippen molar-refractivity contribution in [2.45, 2.75) is 19.0 Å². The molecule has 0 radical (unpaired) electrons. The van der Waals surface area contributed by atoms with Crippen LogP contribution in [0.3, 0.4) is 0 Å². The third-order valence-electron chi connectivity index (χ3n) is 6.28. The Morgan fingerprint density at radius 3 is 2.36 bits per heavy atom. The standard InChI is InChI=1S/C28H23FN4/c29-21-9-7-20(8-10-21)27-25(19-14-16-30-17-15-19)26-22(32-27)11-12-23-28(26)33-24(31-23)13-6-18-4-2-1-3-5-18/h1-5,7-12,14-17,24,31-33H,6,13H2. The molecule has 0 bridgehead atoms. The second kappa shape index (κ2) is 8.10. The van der Waals surface area contributed by atoms with Crippen molar-refractivity contribution in [3.8, 4) is 22.4 Å². The summed E-state index contributed by atoms with van der Waals surface area (Å²) in [5.74, 6) is -0.242. The van der Waals surface area contributed by atoms with Crippen LogP contribution >= 0.6 is 0 Å². The van der Waals surface area contributed by atoms with Crippen molar-refractivity contribution in [1.82, 2.24) is 9.97 Å². The summed E-state index contributed by atoms with van der Waals surface area (Å²) in [7, 11) is 0. The van der Waals surface area contributed by atoms with Crippen LogP contribution in [-0.2, 0) is 6.42 Å². The minimum absolute atomic E-state index is 0.153. The van der Waals surface area contributed by atoms with E-state index in [1.807, 2.05) is 30.3 Å². The number of hydrogen-bond donors (Lipinski definition) is 3. The molecule has 2 aromatic heterocycles. The first-order valence-electron chi connectivity index (χ1n) is 11.2. The topological polar surface area (TPSA) is 52.7 Å². The maximum Gasteiger partial charge on any atom is 0.123 e. The van der Waals surface area contributed by atoms with Gasteiger partial charge in [-0.05, 0) is 78.1 Å². The van der Waals surface area contributed by atoms with Gasteiger partial charge in [-0.15, -0.1) is 0 Å². The van der Waals surface area contributed by atoms with Gasteiger partial charge in [0, 0.05) is 28.9 Å². The Balaban J connectivity index is 1.43. The number of halogens is 1. The fourth-order valence-corrected chi connectivity index (χ4v) is 4.70. The molecule has 0 fully saturated rings. The Morgan fingerprint density at radius 2 is 1.58 bits per heavy atom. The maximum absolute atomic E-state index is 13.6. The van der Waals surface area contributed by atoms with Crippen molar-refractivity contribution in [1.29, 1.82) is 0 Å². The van der Waals surface area contributed by atoms with Crippen LogP contribution in [0.1, 0.15) is 12.0 Å². The molecular weight excluding hydrogens is 411 g/mol. The van der Waals surface area contributed by atoms with Gasteiger partial charge in [0.1, 0.15) is 5.82 Å². The predicted molar refractivity (Wildman–Crippen MR) is 133 cm³/mol. The molecule has 162 valence electrons. The second-order valence-corrected chi connectivity index (χ2v) is 8.39. The summed E-state index contributed by atoms with van der Waals surface area (Å²) in [6, 6.07) is 25.5. The number of rotatable bonds is 5. The summed E-state index contributed by atoms with van der Waals surface area (Å²) < 4.78 is 13.6. The van der Waals surface area contributed by atoms with Gasteiger partial charge >= 0.3 is 0 Å². The number of anilines is 2. The molecule has 1 atom stereocenters. The first kappa shape index (κ1) is 19.6. The smallest absolute Gasteiger partial charge is 0.123 e. The van der Waals surface area contributed by atoms with Crippen molar-refractivity contribution in [3.63, 3.8) is 0 Å². The minimum atomic E-state index is -0.242. The van der Waals surface area contributed by atoms with E-state index < -0.39 is 0 Å². The van der Waals surface area contributed by atoms with Crippen LogP contribution < -0.4 is 10.6 Å². The normalized spacial score (nSPS) is 14.6. The summed E-state index contributed by atoms with van der Waals surface area (Å²) in [4.78, 5) is 7.79. The van der Waals surface area contributed by atoms with E-state index in [9.17, 15) is 4.39 Å². The number of nitrogens with one attached hydrogen (secondary N) is 3. The highest BCUT2D eigenvalue weighted by atomic mass is 19.1. The molecule has 1 aliphatic heterocycles. The molecule has 6 rings (SSSR count). The SMILES string of the molecule is Fc1ccc(-c2[nH]c3ccc4c(c3c2-c2ccncc2)NC(CCc2ccccc2)N4)cc1. The molecule has 0 aliphatic carbocycles. The highest BCUT2D eigenvalue weighted by Gasteiger charge is 2.26. The van der Waals surface area contributed by atoms with Gasteiger partial charge in [-0.3, -0.25) is 4.98 Å². The van der Waals surface area contributed by atoms with Gasteiger partial charge in [0.15, 0.2) is 0 Å². The average Bonchev–Trinajstić information content (AvgIpc) is 3.45. The average molecular weight is 435 g/mol. The molecule has 33 heavy (non-hydrogen) atoms. The van der Waals surface area contributed by atoms with Crippen molar-refractivity contribution < 1.29 is 4.39 Å². The number of nitrogens with zero attached hydrogens (tertiary/aromatic N) is 1. The quantitative estimate of drug-likeness (QED) is 0.284. The number of pyridine rings is 1. The van der Waals surface area contributed by atoms with E-state index in [4.69, 9.17) is 0 Å². The van der Waals surface area contributed by atoms with Crippen LogP contribution in [-0.4, -0.2) is 16.1 Å². The lowest BCUT2D eigenvalue weighted by molar-refractivity contribution is 0.628. The van der Waals surface area contributed by atoms with Crippen molar-refractivity contribution in [3.05, 3.63) is 103 Å². The van der Waals surface area contributed by atoms with Crippen LogP contribution in [0.2, 0.25) is 0 Å². The Hall–Kier alpha value is -4.12. The first-order valence-corrected chi connectivity index (χ1v) is 11.2. The zero-order chi connectivity index (χ0) is 22.2. The van der Waals surface area contributed by atoms with Crippen LogP contribution in [0.5, 0.6) is 0 Å². The van der Waals surface area contributed by atoms with Crippen molar-refractivity contribution in [2.75, 3.05) is 10.6 Å². The minimum Gasteiger partial charge on any atom is -0.364 e. The monoisotopic (exact) mass is 434 g/mol. The van der Waals surface area contributed by atoms with Crippen molar-refractivity contribution >= 4 is 22.3 Å². The van der Waals surface area contributed by atoms with Gasteiger partial charge in [-0.25, -0.2) is 4.39 Å². The molecule has 5 heteroatoms. The number of fused-ring (bicyclic) bond motifs is 3. The van der Waals surface area contributed by atoms with E-state index >= 15 is 0 Å². The number of aryl methyl sites for hydroxylation is 1. The Kier molecular flexibility index (Phi) is 4.80. The van der Waals surface area contributed by atoms with Crippen LogP contribution in [0, 0.1) is 5.82 Å². The number of benzene rings is 3. The number of aromatic amines is 1. The van der Waals surface area contributed by atoms with E-state index in [-0.39, 0.29) is 12.0 Å². The van der Waals surface area contributed by atoms with E-state index in [1.54, 1.807) is 12.4 Å². The Morgan fingerprint density at radius 1 is 0.788 bits per heavy atom. The summed E-state index contributed by atoms with van der Waals surface area (Å²) in [6.07, 6.45) is 5.73. The van der Waals surface area contributed by atoms with Gasteiger partial charge in [0.2, 0.25) is 0 Å². The fraction of sp³-hybridized carbons (Fsp3) is 0.107. The van der Waals surface area contributed by atoms with Crippen molar-refractivity contribution in [2.24, 2.45) is 0 Å². The highest BCUT2D eigenvalue weighted by molar-refractivity contribution is 6.13. The largest absolute Gasteiger partial charge is 0.364 e. The summed E-state index contributed by atoms with van der Waals surface area (Å²) in [6.45, 7) is 0. The van der Waals surface area contributed by atoms with Gasteiger partial charge in [0.25, 0.3) is 0 Å². The molecule has 0 saturated carbocycles. The highest BCUT2D eigenvalue weighted by Crippen LogP contribution is 2.46. The van der Waals surface area contributed by atoms with Gasteiger partial charge in [-0.2, -0.15) is 0 Å². The molecule has 1 unspecified atom stereocenters. The lowest BCUT2D eigenvalue weighted by Gasteiger charge is -2.12. The molecule has 0 spiro atoms. The third kappa shape index (κ3) is 3.61. The third-order valence-corrected chi connectivity index (χ3v) is 6.28. The zero-order valence-corrected chi connectivity index (χ0v) is 18.0. The van der Waals surface area contributed by atoms with E-state index in [0.29, 0.717) is 0 Å². The van der Waals surface area contributed by atoms with Crippen LogP contribution in [0.4, 0.5) is 15.8 Å². The molecule has 5 aromatic rings. The molecule has 0 amide bonds. The van der Waals surface area contributed by atoms with E-state index in [2.05, 4.69) is 57.0 Å². The van der Waals surface area contributed by atoms with Crippen LogP contribution in [0.15, 0.2) is 91.3 Å². The summed E-state index contributed by atoms with van der Waals surface area (Å²) in [5.41, 5.74) is 8.64.